The van der Waals surface area contributed by atoms with Crippen LogP contribution in [0.3, 0.4) is 0 Å². The first kappa shape index (κ1) is 7.41. The van der Waals surface area contributed by atoms with Gasteiger partial charge in [-0.25, -0.2) is 0 Å². The zero-order chi connectivity index (χ0) is 8.55. The Labute approximate surface area is 73.4 Å². The zero-order valence-corrected chi connectivity index (χ0v) is 7.54. The summed E-state index contributed by atoms with van der Waals surface area (Å²) in [6.07, 6.45) is 11.9. The summed E-state index contributed by atoms with van der Waals surface area (Å²) in [7, 11) is 0. The van der Waals surface area contributed by atoms with Gasteiger partial charge in [-0.05, 0) is 37.5 Å². The molecule has 0 N–H and O–H groups in total. The normalized spacial score (nSPS) is 21.2. The number of fused-ring (bicyclic) bond motifs is 1. The molecule has 0 aromatic carbocycles. The van der Waals surface area contributed by atoms with Gasteiger partial charge < -0.3 is 4.90 Å². The average Bonchev–Trinajstić information content (AvgIpc) is 2.04. The van der Waals surface area contributed by atoms with E-state index in [1.165, 1.54) is 16.8 Å². The molecule has 0 amide bonds. The Kier molecular flexibility index (Phi) is 1.65. The van der Waals surface area contributed by atoms with E-state index in [1.807, 2.05) is 0 Å². The molecule has 2 rings (SSSR count). The van der Waals surface area contributed by atoms with Gasteiger partial charge in [-0.1, -0.05) is 12.2 Å². The molecule has 2 heterocycles. The standard InChI is InChI=1S/C11H13N/c1-9-5-6-11-10(2)4-3-7-12(11)8-9/h3,5-8H,4H2,1-2H3. The van der Waals surface area contributed by atoms with Gasteiger partial charge in [-0.15, -0.1) is 0 Å². The third-order valence-electron chi connectivity index (χ3n) is 2.25. The molecule has 0 saturated heterocycles. The minimum atomic E-state index is 1.09. The van der Waals surface area contributed by atoms with Gasteiger partial charge in [0.1, 0.15) is 0 Å². The first-order valence-electron chi connectivity index (χ1n) is 4.28. The molecule has 0 spiro atoms. The molecular formula is C11H13N. The monoisotopic (exact) mass is 159 g/mol. The first-order valence-corrected chi connectivity index (χ1v) is 4.28. The molecule has 0 fully saturated rings. The molecule has 0 unspecified atom stereocenters. The third-order valence-corrected chi connectivity index (χ3v) is 2.25. The average molecular weight is 159 g/mol. The lowest BCUT2D eigenvalue weighted by atomic mass is 10.0. The van der Waals surface area contributed by atoms with E-state index in [4.69, 9.17) is 0 Å². The molecule has 0 aliphatic carbocycles. The van der Waals surface area contributed by atoms with Gasteiger partial charge in [0.05, 0.1) is 0 Å². The van der Waals surface area contributed by atoms with Crippen molar-refractivity contribution in [1.82, 2.24) is 4.90 Å². The lowest BCUT2D eigenvalue weighted by molar-refractivity contribution is 0.611. The van der Waals surface area contributed by atoms with Crippen LogP contribution in [-0.4, -0.2) is 4.90 Å². The van der Waals surface area contributed by atoms with Crippen LogP contribution in [0.15, 0.2) is 47.5 Å². The van der Waals surface area contributed by atoms with E-state index in [1.54, 1.807) is 0 Å². The van der Waals surface area contributed by atoms with Crippen molar-refractivity contribution in [3.63, 3.8) is 0 Å². The lowest BCUT2D eigenvalue weighted by Crippen LogP contribution is -2.15. The van der Waals surface area contributed by atoms with Gasteiger partial charge in [-0.3, -0.25) is 0 Å². The highest BCUT2D eigenvalue weighted by Gasteiger charge is 2.11. The second-order valence-corrected chi connectivity index (χ2v) is 3.37. The van der Waals surface area contributed by atoms with Crippen LogP contribution in [0.2, 0.25) is 0 Å². The van der Waals surface area contributed by atoms with E-state index < -0.39 is 0 Å². The van der Waals surface area contributed by atoms with Gasteiger partial charge in [0.15, 0.2) is 0 Å². The van der Waals surface area contributed by atoms with Crippen molar-refractivity contribution in [3.8, 4) is 0 Å². The Hall–Kier alpha value is -1.24. The summed E-state index contributed by atoms with van der Waals surface area (Å²) in [5, 5.41) is 0. The second kappa shape index (κ2) is 2.67. The van der Waals surface area contributed by atoms with Crippen molar-refractivity contribution in [1.29, 1.82) is 0 Å². The van der Waals surface area contributed by atoms with E-state index in [9.17, 15) is 0 Å². The number of hydrogen-bond acceptors (Lipinski definition) is 1. The number of allylic oxidation sites excluding steroid dienone is 5. The summed E-state index contributed by atoms with van der Waals surface area (Å²) >= 11 is 0. The Bertz CT molecular complexity index is 316. The van der Waals surface area contributed by atoms with Crippen LogP contribution >= 0.6 is 0 Å². The Balaban J connectivity index is 2.40. The van der Waals surface area contributed by atoms with Crippen LogP contribution in [0.25, 0.3) is 0 Å². The number of nitrogens with zero attached hydrogens (tertiary/aromatic N) is 1. The van der Waals surface area contributed by atoms with Gasteiger partial charge in [0.2, 0.25) is 0 Å². The molecule has 0 radical (unpaired) electrons. The first-order chi connectivity index (χ1) is 5.77. The molecule has 2 aliphatic heterocycles. The number of hydrogen-bond donors (Lipinski definition) is 0. The smallest absolute Gasteiger partial charge is 0.0441 e. The maximum atomic E-state index is 2.20. The Morgan fingerprint density at radius 1 is 1.25 bits per heavy atom. The SMILES string of the molecule is CC1=CN2C=CCC(C)=C2C=C1. The van der Waals surface area contributed by atoms with E-state index >= 15 is 0 Å². The van der Waals surface area contributed by atoms with Crippen LogP contribution < -0.4 is 0 Å². The maximum absolute atomic E-state index is 2.20. The lowest BCUT2D eigenvalue weighted by Gasteiger charge is -2.26. The zero-order valence-electron chi connectivity index (χ0n) is 7.54. The molecule has 0 saturated carbocycles. The summed E-state index contributed by atoms with van der Waals surface area (Å²) in [5.74, 6) is 0. The molecule has 12 heavy (non-hydrogen) atoms. The van der Waals surface area contributed by atoms with Crippen molar-refractivity contribution < 1.29 is 0 Å². The van der Waals surface area contributed by atoms with E-state index in [-0.39, 0.29) is 0 Å². The van der Waals surface area contributed by atoms with Crippen molar-refractivity contribution in [3.05, 3.63) is 47.5 Å². The topological polar surface area (TPSA) is 3.24 Å². The highest BCUT2D eigenvalue weighted by molar-refractivity contribution is 5.39. The van der Waals surface area contributed by atoms with Crippen LogP contribution in [0.1, 0.15) is 20.3 Å². The maximum Gasteiger partial charge on any atom is 0.0441 e. The van der Waals surface area contributed by atoms with Crippen LogP contribution in [-0.2, 0) is 0 Å². The fourth-order valence-electron chi connectivity index (χ4n) is 1.56. The minimum absolute atomic E-state index is 1.09. The van der Waals surface area contributed by atoms with Crippen LogP contribution in [0.5, 0.6) is 0 Å². The van der Waals surface area contributed by atoms with Gasteiger partial charge in [0, 0.05) is 18.1 Å². The highest BCUT2D eigenvalue weighted by Crippen LogP contribution is 2.25. The van der Waals surface area contributed by atoms with E-state index in [2.05, 4.69) is 49.4 Å². The summed E-state index contributed by atoms with van der Waals surface area (Å²) in [4.78, 5) is 2.19. The van der Waals surface area contributed by atoms with Crippen LogP contribution in [0.4, 0.5) is 0 Å². The van der Waals surface area contributed by atoms with E-state index in [0.29, 0.717) is 0 Å². The third kappa shape index (κ3) is 1.11. The fraction of sp³-hybridized carbons (Fsp3) is 0.273. The molecule has 0 atom stereocenters. The molecule has 1 nitrogen and oxygen atoms in total. The highest BCUT2D eigenvalue weighted by atomic mass is 15.1. The molecule has 0 bridgehead atoms. The van der Waals surface area contributed by atoms with Gasteiger partial charge in [0.25, 0.3) is 0 Å². The summed E-state index contributed by atoms with van der Waals surface area (Å²) < 4.78 is 0. The van der Waals surface area contributed by atoms with Gasteiger partial charge >= 0.3 is 0 Å². The Morgan fingerprint density at radius 3 is 2.92 bits per heavy atom. The number of rotatable bonds is 0. The van der Waals surface area contributed by atoms with Gasteiger partial charge in [-0.2, -0.15) is 0 Å². The minimum Gasteiger partial charge on any atom is -0.324 e. The van der Waals surface area contributed by atoms with Crippen molar-refractivity contribution >= 4 is 0 Å². The molecule has 1 heteroatoms. The molecular weight excluding hydrogens is 146 g/mol. The van der Waals surface area contributed by atoms with Crippen molar-refractivity contribution in [2.75, 3.05) is 0 Å². The van der Waals surface area contributed by atoms with E-state index in [0.717, 1.165) is 6.42 Å². The van der Waals surface area contributed by atoms with Crippen molar-refractivity contribution in [2.24, 2.45) is 0 Å². The quantitative estimate of drug-likeness (QED) is 0.525. The summed E-state index contributed by atoms with van der Waals surface area (Å²) in [5.41, 5.74) is 4.08. The second-order valence-electron chi connectivity index (χ2n) is 3.37. The fourth-order valence-corrected chi connectivity index (χ4v) is 1.56. The summed E-state index contributed by atoms with van der Waals surface area (Å²) in [6.45, 7) is 4.30. The predicted octanol–water partition coefficient (Wildman–Crippen LogP) is 2.95. The molecule has 0 aromatic heterocycles. The largest absolute Gasteiger partial charge is 0.324 e. The van der Waals surface area contributed by atoms with Crippen LogP contribution in [0, 0.1) is 0 Å². The molecule has 0 aromatic rings. The molecule has 2 aliphatic rings. The molecule has 62 valence electrons. The summed E-state index contributed by atoms with van der Waals surface area (Å²) in [6, 6.07) is 0. The predicted molar refractivity (Wildman–Crippen MR) is 51.2 cm³/mol. The van der Waals surface area contributed by atoms with Crippen molar-refractivity contribution in [2.45, 2.75) is 20.3 Å². The Morgan fingerprint density at radius 2 is 2.08 bits per heavy atom.